The summed E-state index contributed by atoms with van der Waals surface area (Å²) < 4.78 is 0. The Morgan fingerprint density at radius 3 is 2.13 bits per heavy atom. The zero-order chi connectivity index (χ0) is 11.6. The van der Waals surface area contributed by atoms with Crippen LogP contribution in [-0.2, 0) is 0 Å². The van der Waals surface area contributed by atoms with Gasteiger partial charge in [0.05, 0.1) is 10.0 Å². The minimum atomic E-state index is -0.0967. The SMILES string of the molecule is CC(C)C[C@@H](N)c1cc(Cl)c(O)c(Cl)c1. The van der Waals surface area contributed by atoms with Crippen LogP contribution in [-0.4, -0.2) is 5.11 Å². The molecule has 3 N–H and O–H groups in total. The van der Waals surface area contributed by atoms with Crippen molar-refractivity contribution in [2.24, 2.45) is 11.7 Å². The molecule has 2 nitrogen and oxygen atoms in total. The zero-order valence-electron chi connectivity index (χ0n) is 8.80. The summed E-state index contributed by atoms with van der Waals surface area (Å²) in [5.74, 6) is 0.421. The first-order valence-electron chi connectivity index (χ1n) is 4.85. The summed E-state index contributed by atoms with van der Waals surface area (Å²) in [6.07, 6.45) is 0.859. The van der Waals surface area contributed by atoms with Gasteiger partial charge >= 0.3 is 0 Å². The molecule has 1 rings (SSSR count). The van der Waals surface area contributed by atoms with Crippen molar-refractivity contribution in [1.82, 2.24) is 0 Å². The summed E-state index contributed by atoms with van der Waals surface area (Å²) in [5.41, 5.74) is 6.84. The molecule has 0 aliphatic carbocycles. The van der Waals surface area contributed by atoms with Crippen LogP contribution in [0.3, 0.4) is 0 Å². The number of phenolic OH excluding ortho intramolecular Hbond substituents is 1. The van der Waals surface area contributed by atoms with Gasteiger partial charge in [0.1, 0.15) is 0 Å². The topological polar surface area (TPSA) is 46.2 Å². The fourth-order valence-corrected chi connectivity index (χ4v) is 1.95. The minimum Gasteiger partial charge on any atom is -0.505 e. The Labute approximate surface area is 100.0 Å². The molecule has 84 valence electrons. The van der Waals surface area contributed by atoms with Crippen LogP contribution >= 0.6 is 23.2 Å². The molecule has 0 saturated heterocycles. The van der Waals surface area contributed by atoms with E-state index in [1.807, 2.05) is 0 Å². The van der Waals surface area contributed by atoms with E-state index < -0.39 is 0 Å². The summed E-state index contributed by atoms with van der Waals surface area (Å²) >= 11 is 11.6. The van der Waals surface area contributed by atoms with Crippen LogP contribution in [0.2, 0.25) is 10.0 Å². The zero-order valence-corrected chi connectivity index (χ0v) is 10.3. The molecule has 0 aliphatic heterocycles. The van der Waals surface area contributed by atoms with Gasteiger partial charge in [-0.15, -0.1) is 0 Å². The van der Waals surface area contributed by atoms with Crippen molar-refractivity contribution in [3.63, 3.8) is 0 Å². The van der Waals surface area contributed by atoms with Crippen LogP contribution in [0.25, 0.3) is 0 Å². The molecular weight excluding hydrogens is 233 g/mol. The second-order valence-corrected chi connectivity index (χ2v) is 4.88. The standard InChI is InChI=1S/C11H15Cl2NO/c1-6(2)3-10(14)7-4-8(12)11(15)9(13)5-7/h4-6,10,15H,3,14H2,1-2H3/t10-/m1/s1. The van der Waals surface area contributed by atoms with E-state index in [1.165, 1.54) is 0 Å². The number of halogens is 2. The molecule has 0 aliphatic rings. The first-order valence-corrected chi connectivity index (χ1v) is 5.61. The summed E-state index contributed by atoms with van der Waals surface area (Å²) in [6.45, 7) is 4.20. The summed E-state index contributed by atoms with van der Waals surface area (Å²) in [4.78, 5) is 0. The molecule has 15 heavy (non-hydrogen) atoms. The van der Waals surface area contributed by atoms with Gasteiger partial charge in [-0.3, -0.25) is 0 Å². The molecule has 1 atom stereocenters. The van der Waals surface area contributed by atoms with Crippen molar-refractivity contribution in [3.05, 3.63) is 27.7 Å². The van der Waals surface area contributed by atoms with Crippen LogP contribution in [0.5, 0.6) is 5.75 Å². The monoisotopic (exact) mass is 247 g/mol. The molecule has 0 saturated carbocycles. The van der Waals surface area contributed by atoms with E-state index in [2.05, 4.69) is 13.8 Å². The molecule has 0 heterocycles. The van der Waals surface area contributed by atoms with E-state index in [4.69, 9.17) is 28.9 Å². The van der Waals surface area contributed by atoms with E-state index in [0.29, 0.717) is 5.92 Å². The minimum absolute atomic E-state index is 0.0844. The van der Waals surface area contributed by atoms with Crippen LogP contribution in [0.1, 0.15) is 31.9 Å². The Balaban J connectivity index is 2.95. The Morgan fingerprint density at radius 1 is 1.27 bits per heavy atom. The van der Waals surface area contributed by atoms with E-state index in [0.717, 1.165) is 12.0 Å². The molecule has 0 amide bonds. The van der Waals surface area contributed by atoms with Gasteiger partial charge in [0, 0.05) is 6.04 Å². The predicted octanol–water partition coefficient (Wildman–Crippen LogP) is 3.74. The van der Waals surface area contributed by atoms with Crippen LogP contribution in [0.15, 0.2) is 12.1 Å². The number of nitrogens with two attached hydrogens (primary N) is 1. The Kier molecular flexibility index (Phi) is 4.26. The maximum Gasteiger partial charge on any atom is 0.152 e. The first kappa shape index (κ1) is 12.6. The fourth-order valence-electron chi connectivity index (χ4n) is 1.44. The third-order valence-electron chi connectivity index (χ3n) is 2.19. The molecule has 0 aromatic heterocycles. The molecule has 0 bridgehead atoms. The summed E-state index contributed by atoms with van der Waals surface area (Å²) in [7, 11) is 0. The van der Waals surface area contributed by atoms with Gasteiger partial charge in [-0.1, -0.05) is 37.0 Å². The fraction of sp³-hybridized carbons (Fsp3) is 0.455. The third kappa shape index (κ3) is 3.26. The summed E-state index contributed by atoms with van der Waals surface area (Å²) in [6, 6.07) is 3.23. The highest BCUT2D eigenvalue weighted by Gasteiger charge is 2.13. The molecule has 1 aromatic rings. The lowest BCUT2D eigenvalue weighted by molar-refractivity contribution is 0.474. The van der Waals surface area contributed by atoms with Crippen molar-refractivity contribution in [2.75, 3.05) is 0 Å². The quantitative estimate of drug-likeness (QED) is 0.855. The van der Waals surface area contributed by atoms with Gasteiger partial charge in [0.15, 0.2) is 5.75 Å². The Bertz CT molecular complexity index is 329. The van der Waals surface area contributed by atoms with E-state index >= 15 is 0 Å². The van der Waals surface area contributed by atoms with E-state index in [-0.39, 0.29) is 21.8 Å². The molecule has 0 spiro atoms. The molecule has 0 fully saturated rings. The van der Waals surface area contributed by atoms with E-state index in [1.54, 1.807) is 12.1 Å². The van der Waals surface area contributed by atoms with Gasteiger partial charge in [-0.2, -0.15) is 0 Å². The molecule has 4 heteroatoms. The largest absolute Gasteiger partial charge is 0.505 e. The van der Waals surface area contributed by atoms with Crippen molar-refractivity contribution >= 4 is 23.2 Å². The average Bonchev–Trinajstić information content (AvgIpc) is 2.12. The molecule has 0 radical (unpaired) electrons. The van der Waals surface area contributed by atoms with Gasteiger partial charge in [0.25, 0.3) is 0 Å². The normalized spacial score (nSPS) is 13.2. The van der Waals surface area contributed by atoms with Gasteiger partial charge < -0.3 is 10.8 Å². The van der Waals surface area contributed by atoms with Crippen LogP contribution in [0.4, 0.5) is 0 Å². The maximum atomic E-state index is 9.39. The predicted molar refractivity (Wildman–Crippen MR) is 64.5 cm³/mol. The van der Waals surface area contributed by atoms with Crippen molar-refractivity contribution < 1.29 is 5.11 Å². The maximum absolute atomic E-state index is 9.39. The second-order valence-electron chi connectivity index (χ2n) is 4.07. The number of benzene rings is 1. The molecule has 1 aromatic carbocycles. The highest BCUT2D eigenvalue weighted by molar-refractivity contribution is 6.37. The number of hydrogen-bond donors (Lipinski definition) is 2. The van der Waals surface area contributed by atoms with Gasteiger partial charge in [-0.25, -0.2) is 0 Å². The third-order valence-corrected chi connectivity index (χ3v) is 2.77. The number of rotatable bonds is 3. The number of phenols is 1. The first-order chi connectivity index (χ1) is 6.91. The van der Waals surface area contributed by atoms with Crippen LogP contribution in [0, 0.1) is 5.92 Å². The second kappa shape index (κ2) is 5.06. The highest BCUT2D eigenvalue weighted by Crippen LogP contribution is 2.35. The van der Waals surface area contributed by atoms with Crippen molar-refractivity contribution in [1.29, 1.82) is 0 Å². The summed E-state index contributed by atoms with van der Waals surface area (Å²) in [5, 5.41) is 9.88. The number of aromatic hydroxyl groups is 1. The van der Waals surface area contributed by atoms with Gasteiger partial charge in [-0.05, 0) is 30.0 Å². The number of hydrogen-bond acceptors (Lipinski definition) is 2. The van der Waals surface area contributed by atoms with Crippen molar-refractivity contribution in [3.8, 4) is 5.75 Å². The molecule has 0 unspecified atom stereocenters. The lowest BCUT2D eigenvalue weighted by Crippen LogP contribution is -2.12. The lowest BCUT2D eigenvalue weighted by atomic mass is 9.98. The van der Waals surface area contributed by atoms with Crippen LogP contribution < -0.4 is 5.73 Å². The van der Waals surface area contributed by atoms with Crippen molar-refractivity contribution in [2.45, 2.75) is 26.3 Å². The highest BCUT2D eigenvalue weighted by atomic mass is 35.5. The molecular formula is C11H15Cl2NO. The van der Waals surface area contributed by atoms with Gasteiger partial charge in [0.2, 0.25) is 0 Å². The average molecular weight is 248 g/mol. The lowest BCUT2D eigenvalue weighted by Gasteiger charge is -2.15. The smallest absolute Gasteiger partial charge is 0.152 e. The Morgan fingerprint density at radius 2 is 1.73 bits per heavy atom. The Hall–Kier alpha value is -0.440. The van der Waals surface area contributed by atoms with E-state index in [9.17, 15) is 5.11 Å².